The van der Waals surface area contributed by atoms with E-state index in [4.69, 9.17) is 5.73 Å². The summed E-state index contributed by atoms with van der Waals surface area (Å²) < 4.78 is 0. The molecule has 106 valence electrons. The second kappa shape index (κ2) is 6.32. The van der Waals surface area contributed by atoms with Gasteiger partial charge in [-0.1, -0.05) is 13.0 Å². The van der Waals surface area contributed by atoms with Gasteiger partial charge in [0.1, 0.15) is 0 Å². The first-order valence-corrected chi connectivity index (χ1v) is 6.19. The van der Waals surface area contributed by atoms with E-state index in [2.05, 4.69) is 11.8 Å². The minimum Gasteiger partial charge on any atom is -0.326 e. The molecule has 2 rings (SSSR count). The molecule has 5 nitrogen and oxygen atoms in total. The summed E-state index contributed by atoms with van der Waals surface area (Å²) in [5.74, 6) is 0.517. The van der Waals surface area contributed by atoms with Crippen molar-refractivity contribution in [2.24, 2.45) is 11.7 Å². The fraction of sp³-hybridized carbons (Fsp3) is 0.538. The molecule has 0 bridgehead atoms. The van der Waals surface area contributed by atoms with Crippen LogP contribution in [-0.2, 0) is 6.54 Å². The monoisotopic (exact) mass is 285 g/mol. The van der Waals surface area contributed by atoms with Crippen LogP contribution < -0.4 is 5.73 Å². The zero-order valence-electron chi connectivity index (χ0n) is 11.2. The van der Waals surface area contributed by atoms with Crippen LogP contribution in [0.5, 0.6) is 0 Å². The number of nitrogens with two attached hydrogens (primary N) is 1. The van der Waals surface area contributed by atoms with Crippen LogP contribution in [0.2, 0.25) is 0 Å². The first kappa shape index (κ1) is 15.9. The molecule has 0 radical (unpaired) electrons. The Bertz CT molecular complexity index is 457. The Morgan fingerprint density at radius 1 is 1.47 bits per heavy atom. The van der Waals surface area contributed by atoms with Crippen molar-refractivity contribution in [3.05, 3.63) is 39.4 Å². The van der Waals surface area contributed by atoms with Gasteiger partial charge in [-0.15, -0.1) is 12.4 Å². The van der Waals surface area contributed by atoms with Crippen molar-refractivity contribution < 1.29 is 4.92 Å². The number of nitro groups is 1. The molecule has 6 heteroatoms. The van der Waals surface area contributed by atoms with Gasteiger partial charge in [0.05, 0.1) is 4.92 Å². The first-order chi connectivity index (χ1) is 8.47. The van der Waals surface area contributed by atoms with E-state index in [9.17, 15) is 10.1 Å². The van der Waals surface area contributed by atoms with Gasteiger partial charge in [0.15, 0.2) is 0 Å². The van der Waals surface area contributed by atoms with Gasteiger partial charge in [0.2, 0.25) is 0 Å². The standard InChI is InChI=1S/C13H19N3O2.ClH/c1-9-5-12(16(17)18)4-3-11(9)7-15-6-10(2)13(14)8-15;/h3-5,10,13H,6-8,14H2,1-2H3;1H. The molecule has 1 saturated heterocycles. The van der Waals surface area contributed by atoms with Crippen LogP contribution in [0.15, 0.2) is 18.2 Å². The summed E-state index contributed by atoms with van der Waals surface area (Å²) in [7, 11) is 0. The van der Waals surface area contributed by atoms with E-state index in [-0.39, 0.29) is 29.1 Å². The van der Waals surface area contributed by atoms with Crippen LogP contribution in [-0.4, -0.2) is 29.0 Å². The zero-order chi connectivity index (χ0) is 13.3. The molecule has 0 spiro atoms. The molecule has 1 aromatic carbocycles. The smallest absolute Gasteiger partial charge is 0.269 e. The Hall–Kier alpha value is -1.17. The second-order valence-electron chi connectivity index (χ2n) is 5.20. The molecule has 0 aromatic heterocycles. The number of hydrogen-bond donors (Lipinski definition) is 1. The SMILES string of the molecule is Cc1cc([N+](=O)[O-])ccc1CN1CC(C)C(N)C1.Cl. The second-order valence-corrected chi connectivity index (χ2v) is 5.20. The van der Waals surface area contributed by atoms with Gasteiger partial charge >= 0.3 is 0 Å². The largest absolute Gasteiger partial charge is 0.326 e. The van der Waals surface area contributed by atoms with Gasteiger partial charge in [-0.2, -0.15) is 0 Å². The normalized spacial score (nSPS) is 23.1. The molecule has 0 amide bonds. The maximum atomic E-state index is 10.7. The van der Waals surface area contributed by atoms with Gasteiger partial charge < -0.3 is 5.73 Å². The maximum Gasteiger partial charge on any atom is 0.269 e. The van der Waals surface area contributed by atoms with E-state index < -0.39 is 0 Å². The molecule has 1 aliphatic heterocycles. The Kier molecular flexibility index (Phi) is 5.29. The highest BCUT2D eigenvalue weighted by atomic mass is 35.5. The summed E-state index contributed by atoms with van der Waals surface area (Å²) in [6.45, 7) is 6.80. The highest BCUT2D eigenvalue weighted by Crippen LogP contribution is 2.21. The van der Waals surface area contributed by atoms with Gasteiger partial charge in [-0.3, -0.25) is 15.0 Å². The lowest BCUT2D eigenvalue weighted by atomic mass is 10.1. The third kappa shape index (κ3) is 3.65. The summed E-state index contributed by atoms with van der Waals surface area (Å²) in [6.07, 6.45) is 0. The van der Waals surface area contributed by atoms with E-state index in [1.54, 1.807) is 12.1 Å². The van der Waals surface area contributed by atoms with Crippen molar-refractivity contribution in [2.75, 3.05) is 13.1 Å². The van der Waals surface area contributed by atoms with Crippen LogP contribution in [0, 0.1) is 23.0 Å². The van der Waals surface area contributed by atoms with Crippen molar-refractivity contribution in [1.29, 1.82) is 0 Å². The predicted octanol–water partition coefficient (Wildman–Crippen LogP) is 2.10. The van der Waals surface area contributed by atoms with Crippen molar-refractivity contribution in [3.8, 4) is 0 Å². The Balaban J connectivity index is 0.00000180. The average molecular weight is 286 g/mol. The van der Waals surface area contributed by atoms with Crippen molar-refractivity contribution >= 4 is 18.1 Å². The van der Waals surface area contributed by atoms with Crippen molar-refractivity contribution in [1.82, 2.24) is 4.90 Å². The number of nitrogens with zero attached hydrogens (tertiary/aromatic N) is 2. The summed E-state index contributed by atoms with van der Waals surface area (Å²) in [5.41, 5.74) is 8.26. The Labute approximate surface area is 119 Å². The zero-order valence-corrected chi connectivity index (χ0v) is 12.0. The third-order valence-electron chi connectivity index (χ3n) is 3.68. The highest BCUT2D eigenvalue weighted by Gasteiger charge is 2.26. The van der Waals surface area contributed by atoms with E-state index in [1.807, 2.05) is 13.0 Å². The number of rotatable bonds is 3. The Morgan fingerprint density at radius 3 is 2.63 bits per heavy atom. The van der Waals surface area contributed by atoms with E-state index in [0.717, 1.165) is 30.8 Å². The molecule has 2 atom stereocenters. The van der Waals surface area contributed by atoms with Crippen LogP contribution >= 0.6 is 12.4 Å². The summed E-state index contributed by atoms with van der Waals surface area (Å²) in [4.78, 5) is 12.6. The van der Waals surface area contributed by atoms with Gasteiger partial charge in [-0.25, -0.2) is 0 Å². The number of likely N-dealkylation sites (tertiary alicyclic amines) is 1. The van der Waals surface area contributed by atoms with E-state index in [1.165, 1.54) is 0 Å². The molecular weight excluding hydrogens is 266 g/mol. The van der Waals surface area contributed by atoms with Crippen LogP contribution in [0.25, 0.3) is 0 Å². The fourth-order valence-corrected chi connectivity index (χ4v) is 2.44. The molecule has 19 heavy (non-hydrogen) atoms. The lowest BCUT2D eigenvalue weighted by Crippen LogP contribution is -2.28. The van der Waals surface area contributed by atoms with Crippen LogP contribution in [0.3, 0.4) is 0 Å². The minimum absolute atomic E-state index is 0. The van der Waals surface area contributed by atoms with Gasteiger partial charge in [0.25, 0.3) is 5.69 Å². The Morgan fingerprint density at radius 2 is 2.16 bits per heavy atom. The molecular formula is C13H20ClN3O2. The molecule has 1 aliphatic rings. The molecule has 1 aromatic rings. The molecule has 1 fully saturated rings. The summed E-state index contributed by atoms with van der Waals surface area (Å²) in [6, 6.07) is 5.29. The van der Waals surface area contributed by atoms with Crippen molar-refractivity contribution in [2.45, 2.75) is 26.4 Å². The lowest BCUT2D eigenvalue weighted by molar-refractivity contribution is -0.384. The molecule has 1 heterocycles. The number of non-ortho nitro benzene ring substituents is 1. The third-order valence-corrected chi connectivity index (χ3v) is 3.68. The van der Waals surface area contributed by atoms with Crippen molar-refractivity contribution in [3.63, 3.8) is 0 Å². The molecule has 0 saturated carbocycles. The number of aryl methyl sites for hydroxylation is 1. The summed E-state index contributed by atoms with van der Waals surface area (Å²) >= 11 is 0. The van der Waals surface area contributed by atoms with Gasteiger partial charge in [-0.05, 0) is 24.0 Å². The van der Waals surface area contributed by atoms with E-state index in [0.29, 0.717) is 5.92 Å². The summed E-state index contributed by atoms with van der Waals surface area (Å²) in [5, 5.41) is 10.7. The average Bonchev–Trinajstić information content (AvgIpc) is 2.61. The first-order valence-electron chi connectivity index (χ1n) is 6.19. The van der Waals surface area contributed by atoms with Gasteiger partial charge in [0, 0.05) is 37.8 Å². The highest BCUT2D eigenvalue weighted by molar-refractivity contribution is 5.85. The van der Waals surface area contributed by atoms with E-state index >= 15 is 0 Å². The molecule has 2 N–H and O–H groups in total. The fourth-order valence-electron chi connectivity index (χ4n) is 2.44. The lowest BCUT2D eigenvalue weighted by Gasteiger charge is -2.16. The number of benzene rings is 1. The number of halogens is 1. The molecule has 2 unspecified atom stereocenters. The maximum absolute atomic E-state index is 10.7. The minimum atomic E-state index is -0.357. The molecule has 0 aliphatic carbocycles. The number of hydrogen-bond acceptors (Lipinski definition) is 4. The predicted molar refractivity (Wildman–Crippen MR) is 77.5 cm³/mol. The van der Waals surface area contributed by atoms with Crippen LogP contribution in [0.1, 0.15) is 18.1 Å². The number of nitro benzene ring substituents is 1. The quantitative estimate of drug-likeness (QED) is 0.682. The van der Waals surface area contributed by atoms with Crippen LogP contribution in [0.4, 0.5) is 5.69 Å². The topological polar surface area (TPSA) is 72.4 Å².